The molecule has 0 saturated heterocycles. The van der Waals surface area contributed by atoms with Crippen LogP contribution in [0.25, 0.3) is 0 Å². The molecule has 0 saturated carbocycles. The van der Waals surface area contributed by atoms with Crippen LogP contribution in [0.2, 0.25) is 0 Å². The average Bonchev–Trinajstić information content (AvgIpc) is 2.16. The van der Waals surface area contributed by atoms with Crippen LogP contribution in [-0.4, -0.2) is 18.9 Å². The van der Waals surface area contributed by atoms with Gasteiger partial charge in [0.1, 0.15) is 0 Å². The highest BCUT2D eigenvalue weighted by molar-refractivity contribution is 5.87. The molecule has 0 spiro atoms. The molecule has 3 N–H and O–H groups in total. The molecule has 1 aliphatic carbocycles. The van der Waals surface area contributed by atoms with E-state index >= 15 is 0 Å². The molecule has 0 aromatic rings. The zero-order chi connectivity index (χ0) is 9.84. The van der Waals surface area contributed by atoms with Crippen LogP contribution in [-0.2, 0) is 9.59 Å². The molecule has 2 atom stereocenters. The van der Waals surface area contributed by atoms with E-state index in [1.54, 1.807) is 7.05 Å². The number of carbonyl (C=O) groups excluding carboxylic acids is 2. The monoisotopic (exact) mass is 182 g/mol. The van der Waals surface area contributed by atoms with E-state index in [4.69, 9.17) is 5.73 Å². The summed E-state index contributed by atoms with van der Waals surface area (Å²) in [5, 5.41) is 2.54. The van der Waals surface area contributed by atoms with E-state index in [-0.39, 0.29) is 17.7 Å². The molecule has 72 valence electrons. The van der Waals surface area contributed by atoms with Crippen molar-refractivity contribution < 1.29 is 9.59 Å². The van der Waals surface area contributed by atoms with Gasteiger partial charge < -0.3 is 11.1 Å². The Labute approximate surface area is 77.2 Å². The summed E-state index contributed by atoms with van der Waals surface area (Å²) in [6, 6.07) is 0. The molecule has 13 heavy (non-hydrogen) atoms. The summed E-state index contributed by atoms with van der Waals surface area (Å²) in [6.07, 6.45) is 4.99. The largest absolute Gasteiger partial charge is 0.369 e. The van der Waals surface area contributed by atoms with Crippen molar-refractivity contribution in [2.45, 2.75) is 12.8 Å². The maximum Gasteiger partial charge on any atom is 0.223 e. The quantitative estimate of drug-likeness (QED) is 0.580. The summed E-state index contributed by atoms with van der Waals surface area (Å²) in [4.78, 5) is 22.3. The minimum Gasteiger partial charge on any atom is -0.369 e. The number of amides is 2. The Bertz CT molecular complexity index is 248. The number of carbonyl (C=O) groups is 2. The zero-order valence-corrected chi connectivity index (χ0v) is 7.62. The number of primary amides is 1. The molecule has 1 rings (SSSR count). The maximum atomic E-state index is 11.3. The van der Waals surface area contributed by atoms with E-state index in [0.717, 1.165) is 0 Å². The van der Waals surface area contributed by atoms with Gasteiger partial charge in [-0.2, -0.15) is 0 Å². The van der Waals surface area contributed by atoms with Crippen LogP contribution in [0.1, 0.15) is 12.8 Å². The van der Waals surface area contributed by atoms with Gasteiger partial charge >= 0.3 is 0 Å². The van der Waals surface area contributed by atoms with Crippen LogP contribution >= 0.6 is 0 Å². The molecule has 0 bridgehead atoms. The summed E-state index contributed by atoms with van der Waals surface area (Å²) in [5.74, 6) is -1.12. The van der Waals surface area contributed by atoms with Crippen LogP contribution in [0.5, 0.6) is 0 Å². The summed E-state index contributed by atoms with van der Waals surface area (Å²) in [7, 11) is 1.57. The second-order valence-electron chi connectivity index (χ2n) is 3.17. The Hall–Kier alpha value is -1.32. The molecule has 0 aromatic heterocycles. The highest BCUT2D eigenvalue weighted by Gasteiger charge is 2.31. The summed E-state index contributed by atoms with van der Waals surface area (Å²) < 4.78 is 0. The van der Waals surface area contributed by atoms with Gasteiger partial charge in [-0.15, -0.1) is 0 Å². The van der Waals surface area contributed by atoms with Crippen molar-refractivity contribution in [2.24, 2.45) is 17.6 Å². The van der Waals surface area contributed by atoms with Crippen molar-refractivity contribution >= 4 is 11.8 Å². The first kappa shape index (κ1) is 9.77. The fourth-order valence-electron chi connectivity index (χ4n) is 1.60. The molecule has 0 heterocycles. The third kappa shape index (κ3) is 2.08. The van der Waals surface area contributed by atoms with Gasteiger partial charge in [0.25, 0.3) is 0 Å². The SMILES string of the molecule is CNC(=O)C1CC=CCC1C(N)=O. The lowest BCUT2D eigenvalue weighted by atomic mass is 9.82. The van der Waals surface area contributed by atoms with Crippen molar-refractivity contribution in [3.63, 3.8) is 0 Å². The van der Waals surface area contributed by atoms with E-state index < -0.39 is 5.91 Å². The van der Waals surface area contributed by atoms with Gasteiger partial charge in [0.15, 0.2) is 0 Å². The van der Waals surface area contributed by atoms with Gasteiger partial charge in [-0.1, -0.05) is 12.2 Å². The van der Waals surface area contributed by atoms with Gasteiger partial charge in [-0.3, -0.25) is 9.59 Å². The van der Waals surface area contributed by atoms with Crippen molar-refractivity contribution in [1.82, 2.24) is 5.32 Å². The highest BCUT2D eigenvalue weighted by Crippen LogP contribution is 2.25. The first-order valence-electron chi connectivity index (χ1n) is 4.32. The molecule has 0 aliphatic heterocycles. The summed E-state index contributed by atoms with van der Waals surface area (Å²) in [6.45, 7) is 0. The average molecular weight is 182 g/mol. The molecule has 4 heteroatoms. The number of nitrogens with one attached hydrogen (secondary N) is 1. The third-order valence-electron chi connectivity index (χ3n) is 2.38. The fourth-order valence-corrected chi connectivity index (χ4v) is 1.60. The number of hydrogen-bond acceptors (Lipinski definition) is 2. The second kappa shape index (κ2) is 4.07. The van der Waals surface area contributed by atoms with Crippen LogP contribution in [0.15, 0.2) is 12.2 Å². The predicted molar refractivity (Wildman–Crippen MR) is 48.6 cm³/mol. The van der Waals surface area contributed by atoms with E-state index in [1.165, 1.54) is 0 Å². The van der Waals surface area contributed by atoms with E-state index in [9.17, 15) is 9.59 Å². The molecule has 2 amide bonds. The Morgan fingerprint density at radius 3 is 2.31 bits per heavy atom. The predicted octanol–water partition coefficient (Wildman–Crippen LogP) is -0.200. The summed E-state index contributed by atoms with van der Waals surface area (Å²) >= 11 is 0. The van der Waals surface area contributed by atoms with E-state index in [2.05, 4.69) is 5.32 Å². The minimum absolute atomic E-state index is 0.104. The number of allylic oxidation sites excluding steroid dienone is 2. The maximum absolute atomic E-state index is 11.3. The van der Waals surface area contributed by atoms with Gasteiger partial charge in [0, 0.05) is 7.05 Å². The van der Waals surface area contributed by atoms with Crippen molar-refractivity contribution in [1.29, 1.82) is 0 Å². The Morgan fingerprint density at radius 1 is 1.31 bits per heavy atom. The van der Waals surface area contributed by atoms with Crippen molar-refractivity contribution in [3.05, 3.63) is 12.2 Å². The van der Waals surface area contributed by atoms with Crippen molar-refractivity contribution in [3.8, 4) is 0 Å². The normalized spacial score (nSPS) is 26.8. The molecule has 0 radical (unpaired) electrons. The Morgan fingerprint density at radius 2 is 1.85 bits per heavy atom. The topological polar surface area (TPSA) is 72.2 Å². The Kier molecular flexibility index (Phi) is 3.06. The fraction of sp³-hybridized carbons (Fsp3) is 0.556. The highest BCUT2D eigenvalue weighted by atomic mass is 16.2. The van der Waals surface area contributed by atoms with Crippen LogP contribution in [0.3, 0.4) is 0 Å². The van der Waals surface area contributed by atoms with Gasteiger partial charge in [-0.25, -0.2) is 0 Å². The third-order valence-corrected chi connectivity index (χ3v) is 2.38. The molecule has 4 nitrogen and oxygen atoms in total. The lowest BCUT2D eigenvalue weighted by Gasteiger charge is -2.24. The molecule has 0 aromatic carbocycles. The lowest BCUT2D eigenvalue weighted by molar-refractivity contribution is -0.133. The van der Waals surface area contributed by atoms with E-state index in [1.807, 2.05) is 12.2 Å². The smallest absolute Gasteiger partial charge is 0.223 e. The van der Waals surface area contributed by atoms with Crippen molar-refractivity contribution in [2.75, 3.05) is 7.05 Å². The van der Waals surface area contributed by atoms with E-state index in [0.29, 0.717) is 12.8 Å². The lowest BCUT2D eigenvalue weighted by Crippen LogP contribution is -2.39. The molecular weight excluding hydrogens is 168 g/mol. The molecular formula is C9H14N2O2. The number of rotatable bonds is 2. The summed E-state index contributed by atoms with van der Waals surface area (Å²) in [5.41, 5.74) is 5.20. The van der Waals surface area contributed by atoms with Crippen LogP contribution in [0.4, 0.5) is 0 Å². The first-order valence-corrected chi connectivity index (χ1v) is 4.32. The second-order valence-corrected chi connectivity index (χ2v) is 3.17. The van der Waals surface area contributed by atoms with Gasteiger partial charge in [-0.05, 0) is 12.8 Å². The number of hydrogen-bond donors (Lipinski definition) is 2. The molecule has 1 aliphatic rings. The van der Waals surface area contributed by atoms with Crippen LogP contribution < -0.4 is 11.1 Å². The standard InChI is InChI=1S/C9H14N2O2/c1-11-9(13)7-5-3-2-4-6(7)8(10)12/h2-3,6-7H,4-5H2,1H3,(H2,10,12)(H,11,13). The first-order chi connectivity index (χ1) is 6.16. The zero-order valence-electron chi connectivity index (χ0n) is 7.62. The molecule has 2 unspecified atom stereocenters. The number of nitrogens with two attached hydrogens (primary N) is 1. The van der Waals surface area contributed by atoms with Gasteiger partial charge in [0.2, 0.25) is 11.8 Å². The van der Waals surface area contributed by atoms with Crippen LogP contribution in [0, 0.1) is 11.8 Å². The Balaban J connectivity index is 2.75. The van der Waals surface area contributed by atoms with Gasteiger partial charge in [0.05, 0.1) is 11.8 Å². The molecule has 0 fully saturated rings. The minimum atomic E-state index is -0.391.